The van der Waals surface area contributed by atoms with Gasteiger partial charge < -0.3 is 4.74 Å². The summed E-state index contributed by atoms with van der Waals surface area (Å²) >= 11 is 1.85. The molecule has 146 valence electrons. The Morgan fingerprint density at radius 2 is 1.93 bits per heavy atom. The molecule has 0 radical (unpaired) electrons. The van der Waals surface area contributed by atoms with E-state index in [-0.39, 0.29) is 4.90 Å². The van der Waals surface area contributed by atoms with Gasteiger partial charge in [0.2, 0.25) is 10.0 Å². The minimum atomic E-state index is -3.52. The first-order valence-corrected chi connectivity index (χ1v) is 11.9. The summed E-state index contributed by atoms with van der Waals surface area (Å²) in [6.45, 7) is 5.54. The highest BCUT2D eigenvalue weighted by Gasteiger charge is 2.34. The van der Waals surface area contributed by atoms with Crippen molar-refractivity contribution in [3.63, 3.8) is 0 Å². The van der Waals surface area contributed by atoms with Crippen LogP contribution in [0.3, 0.4) is 0 Å². The Morgan fingerprint density at radius 3 is 2.70 bits per heavy atom. The van der Waals surface area contributed by atoms with Crippen molar-refractivity contribution in [3.8, 4) is 5.75 Å². The molecule has 4 rings (SSSR count). The zero-order chi connectivity index (χ0) is 18.9. The Morgan fingerprint density at radius 1 is 1.15 bits per heavy atom. The second kappa shape index (κ2) is 7.91. The number of fused-ring (bicyclic) bond motifs is 1. The van der Waals surface area contributed by atoms with Crippen LogP contribution in [0.1, 0.15) is 30.2 Å². The third-order valence-corrected chi connectivity index (χ3v) is 8.50. The minimum absolute atomic E-state index is 0.284. The number of benzene rings is 1. The lowest BCUT2D eigenvalue weighted by Gasteiger charge is -2.39. The predicted molar refractivity (Wildman–Crippen MR) is 108 cm³/mol. The molecule has 27 heavy (non-hydrogen) atoms. The average molecular weight is 407 g/mol. The van der Waals surface area contributed by atoms with Gasteiger partial charge in [0, 0.05) is 37.1 Å². The number of hydrogen-bond acceptors (Lipinski definition) is 5. The van der Waals surface area contributed by atoms with Crippen molar-refractivity contribution in [1.82, 2.24) is 9.21 Å². The van der Waals surface area contributed by atoms with Gasteiger partial charge in [0.05, 0.1) is 6.61 Å². The quantitative estimate of drug-likeness (QED) is 0.764. The van der Waals surface area contributed by atoms with E-state index in [4.69, 9.17) is 4.74 Å². The maximum absolute atomic E-state index is 13.1. The number of thiophene rings is 1. The molecule has 1 aromatic heterocycles. The number of para-hydroxylation sites is 1. The molecule has 1 fully saturated rings. The first kappa shape index (κ1) is 18.9. The minimum Gasteiger partial charge on any atom is -0.492 e. The molecule has 0 atom stereocenters. The van der Waals surface area contributed by atoms with Crippen LogP contribution < -0.4 is 4.74 Å². The average Bonchev–Trinajstić information content (AvgIpc) is 3.16. The van der Waals surface area contributed by atoms with Crippen LogP contribution in [0.5, 0.6) is 5.75 Å². The Labute approximate surface area is 165 Å². The summed E-state index contributed by atoms with van der Waals surface area (Å²) in [5.74, 6) is 0.447. The molecule has 2 aliphatic heterocycles. The second-order valence-electron chi connectivity index (χ2n) is 7.10. The largest absolute Gasteiger partial charge is 0.492 e. The van der Waals surface area contributed by atoms with Gasteiger partial charge in [0.1, 0.15) is 10.6 Å². The van der Waals surface area contributed by atoms with E-state index < -0.39 is 10.0 Å². The van der Waals surface area contributed by atoms with E-state index in [2.05, 4.69) is 16.3 Å². The number of rotatable bonds is 5. The van der Waals surface area contributed by atoms with Crippen molar-refractivity contribution in [3.05, 3.63) is 46.2 Å². The molecule has 1 saturated heterocycles. The molecule has 0 spiro atoms. The van der Waals surface area contributed by atoms with E-state index in [0.29, 0.717) is 31.5 Å². The van der Waals surface area contributed by atoms with E-state index in [1.165, 1.54) is 10.4 Å². The standard InChI is InChI=1S/C20H26N2O3S2/c1-2-25-18-5-3-4-6-20(18)27(23,24)22-12-7-17(8-13-22)21-11-9-19-16(15-21)10-14-26-19/h3-6,10,14,17H,2,7-9,11-13,15H2,1H3. The Bertz CT molecular complexity index is 886. The Hall–Kier alpha value is -1.41. The van der Waals surface area contributed by atoms with E-state index in [1.807, 2.05) is 24.3 Å². The van der Waals surface area contributed by atoms with E-state index >= 15 is 0 Å². The van der Waals surface area contributed by atoms with Crippen molar-refractivity contribution in [2.75, 3.05) is 26.2 Å². The van der Waals surface area contributed by atoms with Crippen LogP contribution in [0.25, 0.3) is 0 Å². The van der Waals surface area contributed by atoms with Gasteiger partial charge in [-0.2, -0.15) is 4.31 Å². The maximum atomic E-state index is 13.1. The summed E-state index contributed by atoms with van der Waals surface area (Å²) < 4.78 is 33.4. The van der Waals surface area contributed by atoms with Crippen LogP contribution in [-0.2, 0) is 23.0 Å². The summed E-state index contributed by atoms with van der Waals surface area (Å²) in [4.78, 5) is 4.33. The van der Waals surface area contributed by atoms with Gasteiger partial charge in [0.15, 0.2) is 0 Å². The lowest BCUT2D eigenvalue weighted by molar-refractivity contribution is 0.127. The predicted octanol–water partition coefficient (Wildman–Crippen LogP) is 3.36. The topological polar surface area (TPSA) is 49.9 Å². The van der Waals surface area contributed by atoms with Gasteiger partial charge in [-0.25, -0.2) is 8.42 Å². The lowest BCUT2D eigenvalue weighted by atomic mass is 10.0. The molecule has 0 aliphatic carbocycles. The van der Waals surface area contributed by atoms with Crippen LogP contribution in [0.15, 0.2) is 40.6 Å². The lowest BCUT2D eigenvalue weighted by Crippen LogP contribution is -2.47. The number of hydrogen-bond donors (Lipinski definition) is 0. The fraction of sp³-hybridized carbons (Fsp3) is 0.500. The van der Waals surface area contributed by atoms with Crippen molar-refractivity contribution in [1.29, 1.82) is 0 Å². The summed E-state index contributed by atoms with van der Waals surface area (Å²) in [6.07, 6.45) is 2.89. The molecule has 7 heteroatoms. The highest BCUT2D eigenvalue weighted by Crippen LogP contribution is 2.31. The monoisotopic (exact) mass is 406 g/mol. The highest BCUT2D eigenvalue weighted by atomic mass is 32.2. The zero-order valence-electron chi connectivity index (χ0n) is 15.6. The normalized spacial score (nSPS) is 19.7. The van der Waals surface area contributed by atoms with Crippen LogP contribution >= 0.6 is 11.3 Å². The summed E-state index contributed by atoms with van der Waals surface area (Å²) in [6, 6.07) is 9.65. The number of ether oxygens (including phenoxy) is 1. The smallest absolute Gasteiger partial charge is 0.246 e. The number of nitrogens with zero attached hydrogens (tertiary/aromatic N) is 2. The molecule has 0 bridgehead atoms. The molecule has 2 aromatic rings. The van der Waals surface area contributed by atoms with E-state index in [9.17, 15) is 8.42 Å². The molecule has 5 nitrogen and oxygen atoms in total. The van der Waals surface area contributed by atoms with Crippen molar-refractivity contribution in [2.24, 2.45) is 0 Å². The first-order chi connectivity index (χ1) is 13.1. The molecular formula is C20H26N2O3S2. The molecule has 1 aromatic carbocycles. The summed E-state index contributed by atoms with van der Waals surface area (Å²) in [7, 11) is -3.52. The van der Waals surface area contributed by atoms with Gasteiger partial charge in [-0.15, -0.1) is 11.3 Å². The molecule has 0 N–H and O–H groups in total. The van der Waals surface area contributed by atoms with Crippen molar-refractivity contribution >= 4 is 21.4 Å². The molecular weight excluding hydrogens is 380 g/mol. The molecule has 0 unspecified atom stereocenters. The zero-order valence-corrected chi connectivity index (χ0v) is 17.3. The third-order valence-electron chi connectivity index (χ3n) is 5.54. The third kappa shape index (κ3) is 3.78. The SMILES string of the molecule is CCOc1ccccc1S(=O)(=O)N1CCC(N2CCc3sccc3C2)CC1. The first-order valence-electron chi connectivity index (χ1n) is 9.61. The fourth-order valence-electron chi connectivity index (χ4n) is 4.11. The van der Waals surface area contributed by atoms with Crippen LogP contribution in [0.4, 0.5) is 0 Å². The van der Waals surface area contributed by atoms with Crippen LogP contribution in [-0.4, -0.2) is 49.9 Å². The van der Waals surface area contributed by atoms with Crippen molar-refractivity contribution < 1.29 is 13.2 Å². The Kier molecular flexibility index (Phi) is 5.55. The van der Waals surface area contributed by atoms with E-state index in [1.54, 1.807) is 22.5 Å². The number of piperidine rings is 1. The van der Waals surface area contributed by atoms with Gasteiger partial charge >= 0.3 is 0 Å². The molecule has 0 saturated carbocycles. The summed E-state index contributed by atoms with van der Waals surface area (Å²) in [5, 5.41) is 2.18. The van der Waals surface area contributed by atoms with Crippen LogP contribution in [0, 0.1) is 0 Å². The fourth-order valence-corrected chi connectivity index (χ4v) is 6.60. The van der Waals surface area contributed by atoms with Crippen molar-refractivity contribution in [2.45, 2.75) is 43.7 Å². The maximum Gasteiger partial charge on any atom is 0.246 e. The van der Waals surface area contributed by atoms with E-state index in [0.717, 1.165) is 32.4 Å². The van der Waals surface area contributed by atoms with Crippen LogP contribution in [0.2, 0.25) is 0 Å². The molecule has 3 heterocycles. The van der Waals surface area contributed by atoms with Gasteiger partial charge in [0.25, 0.3) is 0 Å². The van der Waals surface area contributed by atoms with Gasteiger partial charge in [-0.05, 0) is 55.3 Å². The molecule has 0 amide bonds. The highest BCUT2D eigenvalue weighted by molar-refractivity contribution is 7.89. The van der Waals surface area contributed by atoms with Gasteiger partial charge in [-0.3, -0.25) is 4.90 Å². The molecule has 2 aliphatic rings. The summed E-state index contributed by atoms with van der Waals surface area (Å²) in [5.41, 5.74) is 1.45. The number of sulfonamides is 1. The second-order valence-corrected chi connectivity index (χ2v) is 10.0. The van der Waals surface area contributed by atoms with Gasteiger partial charge in [-0.1, -0.05) is 12.1 Å². The Balaban J connectivity index is 1.43.